The first-order chi connectivity index (χ1) is 11.7. The number of nitrogens with zero attached hydrogens (tertiary/aromatic N) is 1. The minimum atomic E-state index is -3.57. The van der Waals surface area contributed by atoms with E-state index in [0.29, 0.717) is 17.0 Å². The minimum absolute atomic E-state index is 0.456. The van der Waals surface area contributed by atoms with Crippen LogP contribution in [0.15, 0.2) is 48.5 Å². The van der Waals surface area contributed by atoms with Gasteiger partial charge in [0.25, 0.3) is 0 Å². The number of carbonyl (C=O) groups is 1. The molecule has 1 atom stereocenters. The third kappa shape index (κ3) is 4.58. The van der Waals surface area contributed by atoms with E-state index in [-0.39, 0.29) is 0 Å². The second kappa shape index (κ2) is 7.67. The van der Waals surface area contributed by atoms with Gasteiger partial charge in [-0.05, 0) is 30.2 Å². The first kappa shape index (κ1) is 19.0. The van der Waals surface area contributed by atoms with Crippen LogP contribution < -0.4 is 10.1 Å². The van der Waals surface area contributed by atoms with E-state index in [4.69, 9.17) is 4.74 Å². The largest absolute Gasteiger partial charge is 0.495 e. The molecule has 134 valence electrons. The molecule has 0 heterocycles. The third-order valence-electron chi connectivity index (χ3n) is 3.86. The highest BCUT2D eigenvalue weighted by Crippen LogP contribution is 2.28. The summed E-state index contributed by atoms with van der Waals surface area (Å²) in [4.78, 5) is 12.9. The molecule has 0 aliphatic carbocycles. The fraction of sp³-hybridized carbons (Fsp3) is 0.278. The van der Waals surface area contributed by atoms with E-state index in [1.54, 1.807) is 36.4 Å². The van der Waals surface area contributed by atoms with E-state index in [1.807, 2.05) is 19.1 Å². The topological polar surface area (TPSA) is 75.7 Å². The van der Waals surface area contributed by atoms with Gasteiger partial charge >= 0.3 is 0 Å². The number of anilines is 1. The molecule has 6 nitrogen and oxygen atoms in total. The molecule has 2 aromatic rings. The number of rotatable bonds is 6. The summed E-state index contributed by atoms with van der Waals surface area (Å²) in [5.41, 5.74) is 2.03. The Morgan fingerprint density at radius 2 is 1.80 bits per heavy atom. The van der Waals surface area contributed by atoms with Crippen molar-refractivity contribution in [2.45, 2.75) is 13.0 Å². The van der Waals surface area contributed by atoms with E-state index >= 15 is 0 Å². The molecular formula is C18H22N2O4S. The Balaban J connectivity index is 2.42. The van der Waals surface area contributed by atoms with Gasteiger partial charge in [-0.15, -0.1) is 0 Å². The highest BCUT2D eigenvalue weighted by Gasteiger charge is 2.31. The summed E-state index contributed by atoms with van der Waals surface area (Å²) in [5.74, 6) is 0.0517. The van der Waals surface area contributed by atoms with Crippen molar-refractivity contribution in [1.82, 2.24) is 4.31 Å². The highest BCUT2D eigenvalue weighted by atomic mass is 32.2. The second-order valence-electron chi connectivity index (χ2n) is 5.79. The van der Waals surface area contributed by atoms with E-state index in [2.05, 4.69) is 5.32 Å². The molecule has 0 radical (unpaired) electrons. The fourth-order valence-corrected chi connectivity index (χ4v) is 3.07. The van der Waals surface area contributed by atoms with Gasteiger partial charge in [-0.1, -0.05) is 36.4 Å². The molecule has 2 aromatic carbocycles. The molecule has 1 N–H and O–H groups in total. The van der Waals surface area contributed by atoms with Crippen molar-refractivity contribution in [1.29, 1.82) is 0 Å². The molecule has 0 bridgehead atoms. The van der Waals surface area contributed by atoms with Crippen molar-refractivity contribution >= 4 is 21.6 Å². The van der Waals surface area contributed by atoms with E-state index in [1.165, 1.54) is 14.2 Å². The summed E-state index contributed by atoms with van der Waals surface area (Å²) < 4.78 is 30.3. The van der Waals surface area contributed by atoms with Gasteiger partial charge in [-0.25, -0.2) is 8.42 Å². The summed E-state index contributed by atoms with van der Waals surface area (Å²) in [6, 6.07) is 13.2. The smallest absolute Gasteiger partial charge is 0.247 e. The van der Waals surface area contributed by atoms with Crippen LogP contribution in [0.3, 0.4) is 0 Å². The molecule has 0 aromatic heterocycles. The Morgan fingerprint density at radius 1 is 1.16 bits per heavy atom. The molecule has 0 fully saturated rings. The van der Waals surface area contributed by atoms with Crippen molar-refractivity contribution in [3.63, 3.8) is 0 Å². The summed E-state index contributed by atoms with van der Waals surface area (Å²) in [6.45, 7) is 1.90. The maximum absolute atomic E-state index is 12.9. The van der Waals surface area contributed by atoms with Gasteiger partial charge in [-0.3, -0.25) is 4.79 Å². The fourth-order valence-electron chi connectivity index (χ4n) is 2.47. The van der Waals surface area contributed by atoms with Gasteiger partial charge in [-0.2, -0.15) is 4.31 Å². The lowest BCUT2D eigenvalue weighted by molar-refractivity contribution is -0.119. The molecule has 0 aliphatic heterocycles. The number of hydrogen-bond donors (Lipinski definition) is 1. The zero-order chi connectivity index (χ0) is 18.6. The van der Waals surface area contributed by atoms with E-state index in [9.17, 15) is 13.2 Å². The number of ether oxygens (including phenoxy) is 1. The maximum atomic E-state index is 12.9. The Kier molecular flexibility index (Phi) is 5.81. The number of amides is 1. The van der Waals surface area contributed by atoms with Gasteiger partial charge in [0.05, 0.1) is 19.1 Å². The van der Waals surface area contributed by atoms with Crippen LogP contribution in [0.5, 0.6) is 5.75 Å². The predicted octanol–water partition coefficient (Wildman–Crippen LogP) is 2.57. The molecule has 0 spiro atoms. The molecule has 2 rings (SSSR count). The number of sulfonamides is 1. The monoisotopic (exact) mass is 362 g/mol. The van der Waals surface area contributed by atoms with Gasteiger partial charge in [0.15, 0.2) is 0 Å². The van der Waals surface area contributed by atoms with Crippen LogP contribution in [0, 0.1) is 6.92 Å². The standard InChI is InChI=1S/C18H22N2O4S/c1-13-10-11-16(24-3)15(12-13)19-18(21)17(20(2)25(4,22)23)14-8-6-5-7-9-14/h5-12,17H,1-4H3,(H,19,21)/t17-/m0/s1. The molecule has 1 amide bonds. The zero-order valence-corrected chi connectivity index (χ0v) is 15.5. The van der Waals surface area contributed by atoms with Crippen molar-refractivity contribution in [3.05, 3.63) is 59.7 Å². The van der Waals surface area contributed by atoms with Gasteiger partial charge in [0.2, 0.25) is 15.9 Å². The van der Waals surface area contributed by atoms with Gasteiger partial charge in [0.1, 0.15) is 11.8 Å². The lowest BCUT2D eigenvalue weighted by Gasteiger charge is -2.26. The van der Waals surface area contributed by atoms with Crippen LogP contribution in [0.25, 0.3) is 0 Å². The van der Waals surface area contributed by atoms with Crippen molar-refractivity contribution in [2.24, 2.45) is 0 Å². The van der Waals surface area contributed by atoms with Crippen LogP contribution in [0.2, 0.25) is 0 Å². The summed E-state index contributed by atoms with van der Waals surface area (Å²) in [7, 11) is -0.670. The molecular weight excluding hydrogens is 340 g/mol. The number of hydrogen-bond acceptors (Lipinski definition) is 4. The number of nitrogens with one attached hydrogen (secondary N) is 1. The molecule has 0 saturated heterocycles. The predicted molar refractivity (Wildman–Crippen MR) is 98.2 cm³/mol. The Hall–Kier alpha value is -2.38. The first-order valence-corrected chi connectivity index (χ1v) is 9.52. The normalized spacial score (nSPS) is 12.7. The van der Waals surface area contributed by atoms with Crippen LogP contribution in [-0.2, 0) is 14.8 Å². The molecule has 0 aliphatic rings. The highest BCUT2D eigenvalue weighted by molar-refractivity contribution is 7.88. The lowest BCUT2D eigenvalue weighted by Crippen LogP contribution is -2.38. The summed E-state index contributed by atoms with van der Waals surface area (Å²) in [5, 5.41) is 2.78. The maximum Gasteiger partial charge on any atom is 0.247 e. The third-order valence-corrected chi connectivity index (χ3v) is 5.12. The summed E-state index contributed by atoms with van der Waals surface area (Å²) >= 11 is 0. The van der Waals surface area contributed by atoms with Crippen molar-refractivity contribution < 1.29 is 17.9 Å². The molecule has 0 unspecified atom stereocenters. The Bertz CT molecular complexity index is 851. The summed E-state index contributed by atoms with van der Waals surface area (Å²) in [6.07, 6.45) is 1.07. The number of carbonyl (C=O) groups excluding carboxylic acids is 1. The van der Waals surface area contributed by atoms with E-state index in [0.717, 1.165) is 16.1 Å². The number of aryl methyl sites for hydroxylation is 1. The van der Waals surface area contributed by atoms with Crippen molar-refractivity contribution in [3.8, 4) is 5.75 Å². The average Bonchev–Trinajstić information content (AvgIpc) is 2.55. The number of benzene rings is 2. The zero-order valence-electron chi connectivity index (χ0n) is 14.7. The minimum Gasteiger partial charge on any atom is -0.495 e. The van der Waals surface area contributed by atoms with Crippen LogP contribution >= 0.6 is 0 Å². The second-order valence-corrected chi connectivity index (χ2v) is 7.83. The van der Waals surface area contributed by atoms with E-state index < -0.39 is 22.0 Å². The van der Waals surface area contributed by atoms with Gasteiger partial charge in [0, 0.05) is 7.05 Å². The Labute approximate surface area is 148 Å². The average molecular weight is 362 g/mol. The molecule has 7 heteroatoms. The SMILES string of the molecule is COc1ccc(C)cc1NC(=O)[C@H](c1ccccc1)N(C)S(C)(=O)=O. The van der Waals surface area contributed by atoms with Crippen molar-refractivity contribution in [2.75, 3.05) is 25.7 Å². The first-order valence-electron chi connectivity index (χ1n) is 7.67. The van der Waals surface area contributed by atoms with Crippen LogP contribution in [0.4, 0.5) is 5.69 Å². The number of methoxy groups -OCH3 is 1. The molecule has 25 heavy (non-hydrogen) atoms. The lowest BCUT2D eigenvalue weighted by atomic mass is 10.1. The van der Waals surface area contributed by atoms with Crippen LogP contribution in [-0.4, -0.2) is 39.0 Å². The molecule has 0 saturated carbocycles. The van der Waals surface area contributed by atoms with Crippen LogP contribution in [0.1, 0.15) is 17.2 Å². The van der Waals surface area contributed by atoms with Gasteiger partial charge < -0.3 is 10.1 Å². The quantitative estimate of drug-likeness (QED) is 0.857. The number of likely N-dealkylation sites (N-methyl/N-ethyl adjacent to an activating group) is 1. The Morgan fingerprint density at radius 3 is 2.36 bits per heavy atom.